The fourth-order valence-corrected chi connectivity index (χ4v) is 1.66. The molecule has 0 bridgehead atoms. The zero-order valence-electron chi connectivity index (χ0n) is 7.81. The first-order valence-corrected chi connectivity index (χ1v) is 5.24. The topological polar surface area (TPSA) is 40.5 Å². The number of aromatic hydroxyl groups is 2. The summed E-state index contributed by atoms with van der Waals surface area (Å²) in [7, 11) is 0. The van der Waals surface area contributed by atoms with Gasteiger partial charge in [-0.05, 0) is 29.8 Å². The third-order valence-electron chi connectivity index (χ3n) is 2.14. The highest BCUT2D eigenvalue weighted by Gasteiger charge is 2.04. The minimum atomic E-state index is 0.0633. The Morgan fingerprint density at radius 1 is 0.867 bits per heavy atom. The van der Waals surface area contributed by atoms with Crippen LogP contribution in [0.3, 0.4) is 0 Å². The second-order valence-corrected chi connectivity index (χ2v) is 4.12. The summed E-state index contributed by atoms with van der Waals surface area (Å²) in [5.74, 6) is 0.144. The maximum atomic E-state index is 9.64. The summed E-state index contributed by atoms with van der Waals surface area (Å²) in [6, 6.07) is 12.2. The Morgan fingerprint density at radius 2 is 1.53 bits per heavy atom. The number of hydrogen-bond acceptors (Lipinski definition) is 2. The number of phenolic OH excluding ortho intramolecular Hbond substituents is 2. The van der Waals surface area contributed by atoms with Gasteiger partial charge in [0.15, 0.2) is 0 Å². The molecular weight excluding hydrogens is 256 g/mol. The van der Waals surface area contributed by atoms with Crippen molar-refractivity contribution in [1.82, 2.24) is 0 Å². The van der Waals surface area contributed by atoms with Gasteiger partial charge < -0.3 is 10.2 Å². The molecule has 0 amide bonds. The number of phenols is 2. The fraction of sp³-hybridized carbons (Fsp3) is 0. The molecular formula is C12H9BrO2. The van der Waals surface area contributed by atoms with Crippen molar-refractivity contribution < 1.29 is 10.2 Å². The summed E-state index contributed by atoms with van der Waals surface area (Å²) in [5, 5.41) is 18.8. The second-order valence-electron chi connectivity index (χ2n) is 3.21. The van der Waals surface area contributed by atoms with E-state index in [9.17, 15) is 5.11 Å². The van der Waals surface area contributed by atoms with E-state index < -0.39 is 0 Å². The van der Waals surface area contributed by atoms with Gasteiger partial charge in [-0.25, -0.2) is 0 Å². The highest BCUT2D eigenvalue weighted by molar-refractivity contribution is 9.10. The van der Waals surface area contributed by atoms with E-state index in [1.165, 1.54) is 6.07 Å². The van der Waals surface area contributed by atoms with Gasteiger partial charge in [-0.1, -0.05) is 28.1 Å². The Labute approximate surface area is 95.9 Å². The van der Waals surface area contributed by atoms with Crippen LogP contribution in [-0.4, -0.2) is 10.2 Å². The van der Waals surface area contributed by atoms with E-state index in [4.69, 9.17) is 5.11 Å². The maximum Gasteiger partial charge on any atom is 0.127 e. The average Bonchev–Trinajstić information content (AvgIpc) is 2.20. The Morgan fingerprint density at radius 3 is 2.13 bits per heavy atom. The number of halogens is 1. The minimum Gasteiger partial charge on any atom is -0.508 e. The first-order chi connectivity index (χ1) is 7.16. The van der Waals surface area contributed by atoms with E-state index in [0.29, 0.717) is 5.56 Å². The van der Waals surface area contributed by atoms with Crippen molar-refractivity contribution in [1.29, 1.82) is 0 Å². The Bertz CT molecular complexity index is 477. The molecule has 0 aliphatic rings. The summed E-state index contributed by atoms with van der Waals surface area (Å²) in [4.78, 5) is 0. The Kier molecular flexibility index (Phi) is 2.64. The monoisotopic (exact) mass is 264 g/mol. The molecule has 76 valence electrons. The van der Waals surface area contributed by atoms with Crippen LogP contribution in [0.25, 0.3) is 11.1 Å². The smallest absolute Gasteiger partial charge is 0.127 e. The van der Waals surface area contributed by atoms with E-state index in [1.54, 1.807) is 12.1 Å². The normalized spacial score (nSPS) is 10.2. The van der Waals surface area contributed by atoms with Crippen LogP contribution in [0.2, 0.25) is 0 Å². The van der Waals surface area contributed by atoms with Crippen LogP contribution < -0.4 is 0 Å². The third kappa shape index (κ3) is 2.13. The molecule has 3 heteroatoms. The number of hydrogen-bond donors (Lipinski definition) is 2. The van der Waals surface area contributed by atoms with E-state index >= 15 is 0 Å². The Hall–Kier alpha value is -1.48. The van der Waals surface area contributed by atoms with Gasteiger partial charge in [0.25, 0.3) is 0 Å². The lowest BCUT2D eigenvalue weighted by Crippen LogP contribution is -1.78. The molecule has 2 rings (SSSR count). The molecule has 0 heterocycles. The zero-order chi connectivity index (χ0) is 10.8. The molecule has 0 saturated carbocycles. The fourth-order valence-electron chi connectivity index (χ4n) is 1.39. The molecule has 0 unspecified atom stereocenters. The molecule has 15 heavy (non-hydrogen) atoms. The predicted molar refractivity (Wildman–Crippen MR) is 62.9 cm³/mol. The van der Waals surface area contributed by atoms with Crippen LogP contribution in [0.1, 0.15) is 0 Å². The molecule has 2 aromatic rings. The first-order valence-electron chi connectivity index (χ1n) is 4.45. The minimum absolute atomic E-state index is 0.0633. The van der Waals surface area contributed by atoms with Gasteiger partial charge in [-0.2, -0.15) is 0 Å². The molecule has 0 aliphatic carbocycles. The highest BCUT2D eigenvalue weighted by Crippen LogP contribution is 2.32. The highest BCUT2D eigenvalue weighted by atomic mass is 79.9. The lowest BCUT2D eigenvalue weighted by molar-refractivity contribution is 0.452. The van der Waals surface area contributed by atoms with Gasteiger partial charge in [0, 0.05) is 16.1 Å². The van der Waals surface area contributed by atoms with Gasteiger partial charge in [0.05, 0.1) is 0 Å². The average molecular weight is 265 g/mol. The van der Waals surface area contributed by atoms with Crippen LogP contribution in [0.5, 0.6) is 11.5 Å². The molecule has 0 aromatic heterocycles. The summed E-state index contributed by atoms with van der Waals surface area (Å²) in [6.45, 7) is 0. The van der Waals surface area contributed by atoms with E-state index in [1.807, 2.05) is 24.3 Å². The largest absolute Gasteiger partial charge is 0.508 e. The summed E-state index contributed by atoms with van der Waals surface area (Å²) < 4.78 is 0.990. The van der Waals surface area contributed by atoms with Gasteiger partial charge in [-0.15, -0.1) is 0 Å². The van der Waals surface area contributed by atoms with Gasteiger partial charge in [-0.3, -0.25) is 0 Å². The lowest BCUT2D eigenvalue weighted by atomic mass is 10.0. The van der Waals surface area contributed by atoms with Crippen molar-refractivity contribution in [2.45, 2.75) is 0 Å². The molecule has 2 N–H and O–H groups in total. The summed E-state index contributed by atoms with van der Waals surface area (Å²) in [6.07, 6.45) is 0. The van der Waals surface area contributed by atoms with Gasteiger partial charge >= 0.3 is 0 Å². The molecule has 2 aromatic carbocycles. The summed E-state index contributed by atoms with van der Waals surface area (Å²) in [5.41, 5.74) is 1.62. The molecule has 0 atom stereocenters. The number of benzene rings is 2. The van der Waals surface area contributed by atoms with Crippen LogP contribution in [-0.2, 0) is 0 Å². The van der Waals surface area contributed by atoms with Crippen LogP contribution in [0.15, 0.2) is 46.9 Å². The lowest BCUT2D eigenvalue weighted by Gasteiger charge is -2.05. The molecule has 0 aliphatic heterocycles. The van der Waals surface area contributed by atoms with E-state index in [-0.39, 0.29) is 11.5 Å². The number of rotatable bonds is 1. The van der Waals surface area contributed by atoms with Crippen LogP contribution >= 0.6 is 15.9 Å². The SMILES string of the molecule is Oc1ccc(-c2ccc(Br)cc2)c(O)c1. The summed E-state index contributed by atoms with van der Waals surface area (Å²) >= 11 is 3.35. The van der Waals surface area contributed by atoms with Gasteiger partial charge in [0.1, 0.15) is 11.5 Å². The standard InChI is InChI=1S/C12H9BrO2/c13-9-3-1-8(2-4-9)11-6-5-10(14)7-12(11)15/h1-7,14-15H. The van der Waals surface area contributed by atoms with Crippen LogP contribution in [0, 0.1) is 0 Å². The van der Waals surface area contributed by atoms with Gasteiger partial charge in [0.2, 0.25) is 0 Å². The molecule has 0 spiro atoms. The van der Waals surface area contributed by atoms with Crippen LogP contribution in [0.4, 0.5) is 0 Å². The molecule has 0 radical (unpaired) electrons. The van der Waals surface area contributed by atoms with Crippen molar-refractivity contribution in [2.75, 3.05) is 0 Å². The zero-order valence-corrected chi connectivity index (χ0v) is 9.40. The van der Waals surface area contributed by atoms with Crippen molar-refractivity contribution in [3.63, 3.8) is 0 Å². The van der Waals surface area contributed by atoms with E-state index in [2.05, 4.69) is 15.9 Å². The van der Waals surface area contributed by atoms with Crippen molar-refractivity contribution in [3.8, 4) is 22.6 Å². The van der Waals surface area contributed by atoms with Crippen molar-refractivity contribution >= 4 is 15.9 Å². The quantitative estimate of drug-likeness (QED) is 0.828. The van der Waals surface area contributed by atoms with Crippen molar-refractivity contribution in [3.05, 3.63) is 46.9 Å². The second kappa shape index (κ2) is 3.95. The predicted octanol–water partition coefficient (Wildman–Crippen LogP) is 3.53. The third-order valence-corrected chi connectivity index (χ3v) is 2.67. The maximum absolute atomic E-state index is 9.64. The Balaban J connectivity index is 2.49. The molecule has 2 nitrogen and oxygen atoms in total. The van der Waals surface area contributed by atoms with Crippen molar-refractivity contribution in [2.24, 2.45) is 0 Å². The first kappa shape index (κ1) is 10.1. The van der Waals surface area contributed by atoms with E-state index in [0.717, 1.165) is 10.0 Å². The molecule has 0 saturated heterocycles. The molecule has 0 fully saturated rings.